The third-order valence-electron chi connectivity index (χ3n) is 4.86. The van der Waals surface area contributed by atoms with Crippen molar-refractivity contribution in [2.24, 2.45) is 16.8 Å². The zero-order valence-electron chi connectivity index (χ0n) is 16.8. The van der Waals surface area contributed by atoms with Gasteiger partial charge in [0, 0.05) is 37.0 Å². The number of guanidine groups is 1. The number of nitrogens with one attached hydrogen (secondary N) is 4. The number of nitrogens with zero attached hydrogens (tertiary/aromatic N) is 1. The minimum absolute atomic E-state index is 0. The average Bonchev–Trinajstić information content (AvgIpc) is 3.42. The van der Waals surface area contributed by atoms with Crippen molar-refractivity contribution >= 4 is 41.8 Å². The van der Waals surface area contributed by atoms with Gasteiger partial charge < -0.3 is 21.3 Å². The lowest BCUT2D eigenvalue weighted by Gasteiger charge is -2.30. The van der Waals surface area contributed by atoms with Crippen molar-refractivity contribution in [1.29, 1.82) is 0 Å². The maximum Gasteiger partial charge on any atom is 0.223 e. The molecule has 0 saturated heterocycles. The molecule has 2 amide bonds. The van der Waals surface area contributed by atoms with Crippen LogP contribution in [0.4, 0.5) is 0 Å². The molecule has 0 bridgehead atoms. The van der Waals surface area contributed by atoms with E-state index in [9.17, 15) is 9.59 Å². The summed E-state index contributed by atoms with van der Waals surface area (Å²) in [7, 11) is 0. The highest BCUT2D eigenvalue weighted by molar-refractivity contribution is 14.0. The van der Waals surface area contributed by atoms with E-state index in [0.717, 1.165) is 51.0 Å². The van der Waals surface area contributed by atoms with Crippen molar-refractivity contribution in [3.8, 4) is 0 Å². The quantitative estimate of drug-likeness (QED) is 0.180. The SMILES string of the molecule is CCNC(=NCCNC(=O)C(C)C)NC1CCCC(C(=O)NC2CC2)C1.I. The number of hydrogen-bond donors (Lipinski definition) is 4. The Bertz CT molecular complexity index is 508. The molecule has 0 spiro atoms. The van der Waals surface area contributed by atoms with Crippen LogP contribution in [0.2, 0.25) is 0 Å². The maximum atomic E-state index is 12.3. The topological polar surface area (TPSA) is 94.6 Å². The Labute approximate surface area is 180 Å². The van der Waals surface area contributed by atoms with E-state index in [0.29, 0.717) is 19.1 Å². The average molecular weight is 493 g/mol. The van der Waals surface area contributed by atoms with E-state index in [1.807, 2.05) is 20.8 Å². The van der Waals surface area contributed by atoms with Crippen LogP contribution in [0.5, 0.6) is 0 Å². The van der Waals surface area contributed by atoms with E-state index in [-0.39, 0.29) is 53.7 Å². The summed E-state index contributed by atoms with van der Waals surface area (Å²) in [5.74, 6) is 1.13. The Kier molecular flexibility index (Phi) is 11.0. The third-order valence-corrected chi connectivity index (χ3v) is 4.86. The van der Waals surface area contributed by atoms with Crippen molar-refractivity contribution in [3.63, 3.8) is 0 Å². The molecule has 0 heterocycles. The molecule has 0 aromatic heterocycles. The number of halogens is 1. The van der Waals surface area contributed by atoms with Gasteiger partial charge in [0.2, 0.25) is 11.8 Å². The second-order valence-corrected chi connectivity index (χ2v) is 7.69. The molecule has 27 heavy (non-hydrogen) atoms. The van der Waals surface area contributed by atoms with E-state index in [1.165, 1.54) is 0 Å². The van der Waals surface area contributed by atoms with Crippen LogP contribution < -0.4 is 21.3 Å². The normalized spacial score (nSPS) is 22.6. The van der Waals surface area contributed by atoms with Gasteiger partial charge in [0.25, 0.3) is 0 Å². The van der Waals surface area contributed by atoms with Crippen LogP contribution in [0.3, 0.4) is 0 Å². The van der Waals surface area contributed by atoms with Gasteiger partial charge in [-0.05, 0) is 39.0 Å². The molecule has 2 saturated carbocycles. The van der Waals surface area contributed by atoms with Crippen molar-refractivity contribution in [1.82, 2.24) is 21.3 Å². The molecule has 2 rings (SSSR count). The Morgan fingerprint density at radius 3 is 2.41 bits per heavy atom. The molecule has 2 atom stereocenters. The summed E-state index contributed by atoms with van der Waals surface area (Å²) in [6.07, 6.45) is 6.21. The van der Waals surface area contributed by atoms with Crippen LogP contribution in [0, 0.1) is 11.8 Å². The first kappa shape index (κ1) is 24.0. The second-order valence-electron chi connectivity index (χ2n) is 7.69. The molecule has 0 aromatic rings. The molecule has 2 aliphatic carbocycles. The molecule has 2 fully saturated rings. The van der Waals surface area contributed by atoms with Gasteiger partial charge in [0.1, 0.15) is 0 Å². The van der Waals surface area contributed by atoms with Gasteiger partial charge in [-0.1, -0.05) is 20.3 Å². The number of carbonyl (C=O) groups excluding carboxylic acids is 2. The van der Waals surface area contributed by atoms with Gasteiger partial charge >= 0.3 is 0 Å². The smallest absolute Gasteiger partial charge is 0.223 e. The first-order valence-electron chi connectivity index (χ1n) is 10.1. The van der Waals surface area contributed by atoms with Crippen LogP contribution in [0.1, 0.15) is 59.3 Å². The van der Waals surface area contributed by atoms with Gasteiger partial charge in [-0.25, -0.2) is 0 Å². The summed E-state index contributed by atoms with van der Waals surface area (Å²) in [5, 5.41) is 12.7. The molecule has 156 valence electrons. The molecule has 8 heteroatoms. The van der Waals surface area contributed by atoms with Crippen LogP contribution in [-0.2, 0) is 9.59 Å². The molecule has 0 radical (unpaired) electrons. The van der Waals surface area contributed by atoms with Gasteiger partial charge in [0.05, 0.1) is 6.54 Å². The number of carbonyl (C=O) groups is 2. The fourth-order valence-electron chi connectivity index (χ4n) is 3.17. The van der Waals surface area contributed by atoms with E-state index >= 15 is 0 Å². The molecule has 2 aliphatic rings. The lowest BCUT2D eigenvalue weighted by atomic mass is 9.85. The minimum atomic E-state index is -0.00806. The number of amides is 2. The van der Waals surface area contributed by atoms with Crippen molar-refractivity contribution in [2.75, 3.05) is 19.6 Å². The van der Waals surface area contributed by atoms with Gasteiger partial charge in [0.15, 0.2) is 5.96 Å². The summed E-state index contributed by atoms with van der Waals surface area (Å²) in [6.45, 7) is 7.63. The highest BCUT2D eigenvalue weighted by Gasteiger charge is 2.31. The lowest BCUT2D eigenvalue weighted by Crippen LogP contribution is -2.47. The Balaban J connectivity index is 0.00000364. The molecule has 2 unspecified atom stereocenters. The van der Waals surface area contributed by atoms with Gasteiger partial charge in [-0.15, -0.1) is 24.0 Å². The minimum Gasteiger partial charge on any atom is -0.357 e. The fraction of sp³-hybridized carbons (Fsp3) is 0.842. The Morgan fingerprint density at radius 2 is 1.78 bits per heavy atom. The second kappa shape index (κ2) is 12.4. The number of aliphatic imine (C=N–C) groups is 1. The fourth-order valence-corrected chi connectivity index (χ4v) is 3.17. The lowest BCUT2D eigenvalue weighted by molar-refractivity contribution is -0.126. The van der Waals surface area contributed by atoms with E-state index < -0.39 is 0 Å². The van der Waals surface area contributed by atoms with Gasteiger partial charge in [-0.2, -0.15) is 0 Å². The van der Waals surface area contributed by atoms with Crippen molar-refractivity contribution in [2.45, 2.75) is 71.4 Å². The van der Waals surface area contributed by atoms with Crippen LogP contribution >= 0.6 is 24.0 Å². The predicted octanol–water partition coefficient (Wildman–Crippen LogP) is 1.77. The Hall–Kier alpha value is -1.06. The summed E-state index contributed by atoms with van der Waals surface area (Å²) in [4.78, 5) is 28.4. The molecule has 7 nitrogen and oxygen atoms in total. The zero-order valence-corrected chi connectivity index (χ0v) is 19.2. The van der Waals surface area contributed by atoms with Crippen molar-refractivity contribution < 1.29 is 9.59 Å². The largest absolute Gasteiger partial charge is 0.357 e. The highest BCUT2D eigenvalue weighted by Crippen LogP contribution is 2.26. The third kappa shape index (κ3) is 9.12. The maximum absolute atomic E-state index is 12.3. The Morgan fingerprint density at radius 1 is 1.04 bits per heavy atom. The van der Waals surface area contributed by atoms with E-state index in [1.54, 1.807) is 0 Å². The molecular formula is C19H36IN5O2. The highest BCUT2D eigenvalue weighted by atomic mass is 127. The molecule has 4 N–H and O–H groups in total. The summed E-state index contributed by atoms with van der Waals surface area (Å²) < 4.78 is 0. The monoisotopic (exact) mass is 493 g/mol. The molecule has 0 aliphatic heterocycles. The summed E-state index contributed by atoms with van der Waals surface area (Å²) in [5.41, 5.74) is 0. The van der Waals surface area contributed by atoms with Crippen LogP contribution in [-0.4, -0.2) is 49.5 Å². The number of rotatable bonds is 8. The first-order chi connectivity index (χ1) is 12.5. The predicted molar refractivity (Wildman–Crippen MR) is 119 cm³/mol. The zero-order chi connectivity index (χ0) is 18.9. The summed E-state index contributed by atoms with van der Waals surface area (Å²) in [6, 6.07) is 0.692. The van der Waals surface area contributed by atoms with Crippen LogP contribution in [0.25, 0.3) is 0 Å². The van der Waals surface area contributed by atoms with Gasteiger partial charge in [-0.3, -0.25) is 14.6 Å². The van der Waals surface area contributed by atoms with Crippen LogP contribution in [0.15, 0.2) is 4.99 Å². The summed E-state index contributed by atoms with van der Waals surface area (Å²) >= 11 is 0. The van der Waals surface area contributed by atoms with Crippen molar-refractivity contribution in [3.05, 3.63) is 0 Å². The molecular weight excluding hydrogens is 457 g/mol. The van der Waals surface area contributed by atoms with E-state index in [4.69, 9.17) is 0 Å². The molecule has 0 aromatic carbocycles. The number of hydrogen-bond acceptors (Lipinski definition) is 3. The first-order valence-corrected chi connectivity index (χ1v) is 10.1. The standard InChI is InChI=1S/C19H35N5O2.HI/c1-4-20-19(22-11-10-21-17(25)13(2)3)24-16-7-5-6-14(12-16)18(26)23-15-8-9-15;/h13-16H,4-12H2,1-3H3,(H,21,25)(H,23,26)(H2,20,22,24);1H. The van der Waals surface area contributed by atoms with E-state index in [2.05, 4.69) is 26.3 Å².